The van der Waals surface area contributed by atoms with Crippen LogP contribution in [0.3, 0.4) is 0 Å². The number of thiophene rings is 1. The monoisotopic (exact) mass is 357 g/mol. The molecule has 0 fully saturated rings. The lowest BCUT2D eigenvalue weighted by Gasteiger charge is -2.05. The van der Waals surface area contributed by atoms with Gasteiger partial charge in [0.2, 0.25) is 0 Å². The van der Waals surface area contributed by atoms with Gasteiger partial charge in [-0.25, -0.2) is 4.98 Å². The molecule has 4 rings (SSSR count). The molecule has 1 nitrogen and oxygen atoms in total. The minimum Gasteiger partial charge on any atom is -0.237 e. The highest BCUT2D eigenvalue weighted by molar-refractivity contribution is 7.21. The van der Waals surface area contributed by atoms with Crippen LogP contribution in [0.5, 0.6) is 0 Å². The van der Waals surface area contributed by atoms with E-state index in [1.54, 1.807) is 11.3 Å². The maximum atomic E-state index is 4.94. The minimum absolute atomic E-state index is 0.563. The Morgan fingerprint density at radius 2 is 1.46 bits per heavy atom. The molecule has 0 aliphatic carbocycles. The van der Waals surface area contributed by atoms with Crippen molar-refractivity contribution in [1.29, 1.82) is 0 Å². The van der Waals surface area contributed by atoms with Crippen molar-refractivity contribution in [2.75, 3.05) is 0 Å². The van der Waals surface area contributed by atoms with E-state index in [2.05, 4.69) is 88.4 Å². The van der Waals surface area contributed by atoms with Crippen LogP contribution in [0, 0.1) is 13.8 Å². The number of fused-ring (bicyclic) bond motifs is 1. The van der Waals surface area contributed by atoms with E-state index in [0.717, 1.165) is 10.5 Å². The maximum absolute atomic E-state index is 4.94. The van der Waals surface area contributed by atoms with Gasteiger partial charge in [0.15, 0.2) is 0 Å². The van der Waals surface area contributed by atoms with Gasteiger partial charge in [0.05, 0.1) is 5.69 Å². The molecule has 0 amide bonds. The third-order valence-corrected chi connectivity index (χ3v) is 5.86. The summed E-state index contributed by atoms with van der Waals surface area (Å²) in [4.78, 5) is 7.32. The highest BCUT2D eigenvalue weighted by Gasteiger charge is 2.09. The number of nitrogens with zero attached hydrogens (tertiary/aromatic N) is 1. The van der Waals surface area contributed by atoms with E-state index in [4.69, 9.17) is 4.98 Å². The standard InChI is InChI=1S/C24H23NS/c1-15(2)18-5-7-19(8-6-18)23-14-20-9-10-22(25-24(20)26-23)21-12-16(3)11-17(4)13-21/h5-15H,1-4H3. The molecule has 2 aromatic heterocycles. The molecule has 0 bridgehead atoms. The summed E-state index contributed by atoms with van der Waals surface area (Å²) in [7, 11) is 0. The molecule has 2 heterocycles. The van der Waals surface area contributed by atoms with E-state index in [1.807, 2.05) is 0 Å². The summed E-state index contributed by atoms with van der Waals surface area (Å²) >= 11 is 1.77. The van der Waals surface area contributed by atoms with E-state index < -0.39 is 0 Å². The molecule has 0 spiro atoms. The molecular formula is C24H23NS. The van der Waals surface area contributed by atoms with Gasteiger partial charge in [0.25, 0.3) is 0 Å². The third kappa shape index (κ3) is 3.30. The van der Waals surface area contributed by atoms with Gasteiger partial charge in [-0.15, -0.1) is 11.3 Å². The second-order valence-electron chi connectivity index (χ2n) is 7.35. The summed E-state index contributed by atoms with van der Waals surface area (Å²) < 4.78 is 0. The Kier molecular flexibility index (Phi) is 4.37. The Hall–Kier alpha value is -2.45. The molecule has 0 atom stereocenters. The normalized spacial score (nSPS) is 11.4. The fourth-order valence-electron chi connectivity index (χ4n) is 3.38. The Balaban J connectivity index is 1.73. The largest absolute Gasteiger partial charge is 0.237 e. The Morgan fingerprint density at radius 3 is 2.12 bits per heavy atom. The molecule has 0 N–H and O–H groups in total. The SMILES string of the molecule is Cc1cc(C)cc(-c2ccc3cc(-c4ccc(C(C)C)cc4)sc3n2)c1. The van der Waals surface area contributed by atoms with Crippen LogP contribution in [-0.4, -0.2) is 4.98 Å². The van der Waals surface area contributed by atoms with Gasteiger partial charge in [-0.1, -0.05) is 55.3 Å². The molecule has 0 saturated carbocycles. The highest BCUT2D eigenvalue weighted by Crippen LogP contribution is 2.34. The summed E-state index contributed by atoms with van der Waals surface area (Å²) in [6, 6.07) is 22.1. The average Bonchev–Trinajstić information content (AvgIpc) is 3.04. The molecule has 0 aliphatic rings. The van der Waals surface area contributed by atoms with Crippen molar-refractivity contribution >= 4 is 21.6 Å². The molecule has 2 heteroatoms. The number of aromatic nitrogens is 1. The van der Waals surface area contributed by atoms with Crippen molar-refractivity contribution in [2.45, 2.75) is 33.6 Å². The van der Waals surface area contributed by atoms with Gasteiger partial charge >= 0.3 is 0 Å². The van der Waals surface area contributed by atoms with Crippen LogP contribution in [0.25, 0.3) is 31.9 Å². The summed E-state index contributed by atoms with van der Waals surface area (Å²) in [5.41, 5.74) is 7.45. The van der Waals surface area contributed by atoms with Gasteiger partial charge in [-0.05, 0) is 61.2 Å². The number of hydrogen-bond donors (Lipinski definition) is 0. The van der Waals surface area contributed by atoms with E-state index in [0.29, 0.717) is 5.92 Å². The molecule has 0 unspecified atom stereocenters. The van der Waals surface area contributed by atoms with E-state index in [1.165, 1.54) is 38.1 Å². The predicted octanol–water partition coefficient (Wildman–Crippen LogP) is 7.37. The van der Waals surface area contributed by atoms with Crippen LogP contribution in [-0.2, 0) is 0 Å². The molecule has 2 aromatic carbocycles. The van der Waals surface area contributed by atoms with Crippen LogP contribution in [0.2, 0.25) is 0 Å². The quantitative estimate of drug-likeness (QED) is 0.373. The molecule has 26 heavy (non-hydrogen) atoms. The van der Waals surface area contributed by atoms with Gasteiger partial charge in [-0.2, -0.15) is 0 Å². The Labute approximate surface area is 159 Å². The molecule has 0 radical (unpaired) electrons. The van der Waals surface area contributed by atoms with Gasteiger partial charge < -0.3 is 0 Å². The van der Waals surface area contributed by atoms with E-state index in [-0.39, 0.29) is 0 Å². The lowest BCUT2D eigenvalue weighted by atomic mass is 10.0. The fourth-order valence-corrected chi connectivity index (χ4v) is 4.41. The van der Waals surface area contributed by atoms with Gasteiger partial charge in [0, 0.05) is 15.8 Å². The molecular weight excluding hydrogens is 334 g/mol. The smallest absolute Gasteiger partial charge is 0.124 e. The molecule has 0 saturated heterocycles. The predicted molar refractivity (Wildman–Crippen MR) is 114 cm³/mol. The number of benzene rings is 2. The lowest BCUT2D eigenvalue weighted by Crippen LogP contribution is -1.85. The first kappa shape index (κ1) is 17.0. The molecule has 130 valence electrons. The molecule has 0 aliphatic heterocycles. The Morgan fingerprint density at radius 1 is 0.769 bits per heavy atom. The summed E-state index contributed by atoms with van der Waals surface area (Å²) in [6.07, 6.45) is 0. The van der Waals surface area contributed by atoms with Crippen molar-refractivity contribution in [3.8, 4) is 21.7 Å². The zero-order chi connectivity index (χ0) is 18.3. The molecule has 4 aromatic rings. The third-order valence-electron chi connectivity index (χ3n) is 4.76. The number of pyridine rings is 1. The number of hydrogen-bond acceptors (Lipinski definition) is 2. The number of aryl methyl sites for hydroxylation is 2. The van der Waals surface area contributed by atoms with Crippen LogP contribution in [0.4, 0.5) is 0 Å². The highest BCUT2D eigenvalue weighted by atomic mass is 32.1. The zero-order valence-corrected chi connectivity index (χ0v) is 16.5. The topological polar surface area (TPSA) is 12.9 Å². The van der Waals surface area contributed by atoms with Crippen LogP contribution in [0.15, 0.2) is 60.7 Å². The number of rotatable bonds is 3. The van der Waals surface area contributed by atoms with E-state index in [9.17, 15) is 0 Å². The zero-order valence-electron chi connectivity index (χ0n) is 15.7. The first-order valence-corrected chi connectivity index (χ1v) is 9.91. The van der Waals surface area contributed by atoms with Crippen LogP contribution in [0.1, 0.15) is 36.5 Å². The van der Waals surface area contributed by atoms with Crippen molar-refractivity contribution in [1.82, 2.24) is 4.98 Å². The second kappa shape index (κ2) is 6.69. The maximum Gasteiger partial charge on any atom is 0.124 e. The minimum atomic E-state index is 0.563. The van der Waals surface area contributed by atoms with Crippen molar-refractivity contribution in [3.05, 3.63) is 77.4 Å². The summed E-state index contributed by atoms with van der Waals surface area (Å²) in [6.45, 7) is 8.73. The van der Waals surface area contributed by atoms with Crippen molar-refractivity contribution in [2.24, 2.45) is 0 Å². The summed E-state index contributed by atoms with van der Waals surface area (Å²) in [5.74, 6) is 0.563. The van der Waals surface area contributed by atoms with Crippen LogP contribution < -0.4 is 0 Å². The fraction of sp³-hybridized carbons (Fsp3) is 0.208. The summed E-state index contributed by atoms with van der Waals surface area (Å²) in [5, 5.41) is 1.21. The van der Waals surface area contributed by atoms with E-state index >= 15 is 0 Å². The second-order valence-corrected chi connectivity index (χ2v) is 8.39. The first-order chi connectivity index (χ1) is 12.5. The van der Waals surface area contributed by atoms with Gasteiger partial charge in [0.1, 0.15) is 4.83 Å². The van der Waals surface area contributed by atoms with Crippen molar-refractivity contribution in [3.63, 3.8) is 0 Å². The average molecular weight is 358 g/mol. The Bertz CT molecular complexity index is 1050. The van der Waals surface area contributed by atoms with Gasteiger partial charge in [-0.3, -0.25) is 0 Å². The lowest BCUT2D eigenvalue weighted by molar-refractivity contribution is 0.867. The van der Waals surface area contributed by atoms with Crippen LogP contribution >= 0.6 is 11.3 Å². The first-order valence-electron chi connectivity index (χ1n) is 9.09. The van der Waals surface area contributed by atoms with Crippen molar-refractivity contribution < 1.29 is 0 Å².